The predicted octanol–water partition coefficient (Wildman–Crippen LogP) is 12.0. The first-order valence-electron chi connectivity index (χ1n) is 17.9. The summed E-state index contributed by atoms with van der Waals surface area (Å²) in [6.45, 7) is 0. The van der Waals surface area contributed by atoms with Crippen LogP contribution in [0.3, 0.4) is 0 Å². The Bertz CT molecular complexity index is 2560. The van der Waals surface area contributed by atoms with Crippen molar-refractivity contribution in [2.75, 3.05) is 0 Å². The van der Waals surface area contributed by atoms with Gasteiger partial charge in [0.1, 0.15) is 0 Å². The number of hydrogen-bond donors (Lipinski definition) is 0. The van der Waals surface area contributed by atoms with E-state index in [0.717, 1.165) is 84.2 Å². The van der Waals surface area contributed by atoms with E-state index in [1.807, 2.05) is 72.9 Å². The molecule has 0 saturated carbocycles. The molecule has 0 bridgehead atoms. The summed E-state index contributed by atoms with van der Waals surface area (Å²) < 4.78 is 0. The van der Waals surface area contributed by atoms with E-state index in [2.05, 4.69) is 126 Å². The Morgan fingerprint density at radius 3 is 1.48 bits per heavy atom. The molecule has 54 heavy (non-hydrogen) atoms. The van der Waals surface area contributed by atoms with Crippen LogP contribution in [0.1, 0.15) is 0 Å². The van der Waals surface area contributed by atoms with Crippen LogP contribution in [-0.2, 0) is 0 Å². The number of aromatic nitrogens is 5. The van der Waals surface area contributed by atoms with Crippen molar-refractivity contribution in [1.82, 2.24) is 24.9 Å². The highest BCUT2D eigenvalue weighted by Crippen LogP contribution is 2.36. The lowest BCUT2D eigenvalue weighted by molar-refractivity contribution is 1.18. The summed E-state index contributed by atoms with van der Waals surface area (Å²) in [4.78, 5) is 24.7. The average molecular weight is 692 g/mol. The average Bonchev–Trinajstić information content (AvgIpc) is 3.27. The Hall–Kier alpha value is -7.37. The predicted molar refractivity (Wildman–Crippen MR) is 219 cm³/mol. The van der Waals surface area contributed by atoms with E-state index in [9.17, 15) is 0 Å². The highest BCUT2D eigenvalue weighted by molar-refractivity contribution is 5.84. The van der Waals surface area contributed by atoms with E-state index in [4.69, 9.17) is 19.9 Å². The molecule has 5 nitrogen and oxygen atoms in total. The standard InChI is InChI=1S/C49H33N5/c1-4-14-34(15-5-1)41-31-46(43-23-10-11-28-50-43)52-47(32-41)48-42(22-13-29-51-48)36-26-24-35(25-27-36)39-20-12-21-40(30-39)49-53-44(37-16-6-2-7-17-37)33-45(54-49)38-18-8-3-9-19-38/h1-33H. The summed E-state index contributed by atoms with van der Waals surface area (Å²) in [5, 5.41) is 0. The van der Waals surface area contributed by atoms with Crippen LogP contribution in [0.15, 0.2) is 200 Å². The SMILES string of the molecule is c1ccc(-c2cc(-c3ccccn3)nc(-c3ncccc3-c3ccc(-c4cccc(-c5nc(-c6ccccc6)cc(-c6ccccc6)n5)c4)cc3)c2)cc1. The number of hydrogen-bond acceptors (Lipinski definition) is 5. The second-order valence-electron chi connectivity index (χ2n) is 13.0. The first kappa shape index (κ1) is 32.5. The van der Waals surface area contributed by atoms with E-state index in [0.29, 0.717) is 5.82 Å². The maximum Gasteiger partial charge on any atom is 0.160 e. The molecule has 4 aromatic heterocycles. The van der Waals surface area contributed by atoms with Gasteiger partial charge in [-0.2, -0.15) is 0 Å². The lowest BCUT2D eigenvalue weighted by Gasteiger charge is -2.13. The zero-order valence-corrected chi connectivity index (χ0v) is 29.3. The van der Waals surface area contributed by atoms with Crippen LogP contribution in [0, 0.1) is 0 Å². The van der Waals surface area contributed by atoms with Crippen molar-refractivity contribution in [3.8, 4) is 90.1 Å². The topological polar surface area (TPSA) is 64.5 Å². The van der Waals surface area contributed by atoms with Gasteiger partial charge < -0.3 is 0 Å². The van der Waals surface area contributed by atoms with Crippen molar-refractivity contribution in [3.05, 3.63) is 200 Å². The smallest absolute Gasteiger partial charge is 0.160 e. The summed E-state index contributed by atoms with van der Waals surface area (Å²) in [6, 6.07) is 64.2. The molecule has 0 aliphatic heterocycles. The largest absolute Gasteiger partial charge is 0.255 e. The van der Waals surface area contributed by atoms with Gasteiger partial charge in [0.05, 0.1) is 34.2 Å². The summed E-state index contributed by atoms with van der Waals surface area (Å²) >= 11 is 0. The molecular formula is C49H33N5. The third-order valence-electron chi connectivity index (χ3n) is 9.43. The Balaban J connectivity index is 1.08. The van der Waals surface area contributed by atoms with Crippen LogP contribution in [-0.4, -0.2) is 24.9 Å². The summed E-state index contributed by atoms with van der Waals surface area (Å²) in [5.41, 5.74) is 14.4. The number of pyridine rings is 3. The Morgan fingerprint density at radius 2 is 0.815 bits per heavy atom. The molecule has 0 aliphatic rings. The molecule has 0 N–H and O–H groups in total. The van der Waals surface area contributed by atoms with E-state index < -0.39 is 0 Å². The van der Waals surface area contributed by atoms with Crippen molar-refractivity contribution in [2.24, 2.45) is 0 Å². The van der Waals surface area contributed by atoms with Crippen LogP contribution >= 0.6 is 0 Å². The van der Waals surface area contributed by atoms with Crippen molar-refractivity contribution < 1.29 is 0 Å². The number of nitrogens with zero attached hydrogens (tertiary/aromatic N) is 5. The second kappa shape index (κ2) is 14.7. The van der Waals surface area contributed by atoms with E-state index >= 15 is 0 Å². The van der Waals surface area contributed by atoms with Gasteiger partial charge in [-0.3, -0.25) is 9.97 Å². The summed E-state index contributed by atoms with van der Waals surface area (Å²) in [7, 11) is 0. The molecule has 254 valence electrons. The molecule has 0 aliphatic carbocycles. The minimum Gasteiger partial charge on any atom is -0.255 e. The van der Waals surface area contributed by atoms with Crippen LogP contribution in [0.5, 0.6) is 0 Å². The first-order valence-corrected chi connectivity index (χ1v) is 17.9. The molecule has 0 radical (unpaired) electrons. The zero-order chi connectivity index (χ0) is 36.1. The molecule has 9 aromatic rings. The normalized spacial score (nSPS) is 11.0. The second-order valence-corrected chi connectivity index (χ2v) is 13.0. The van der Waals surface area contributed by atoms with Gasteiger partial charge in [-0.05, 0) is 70.3 Å². The van der Waals surface area contributed by atoms with E-state index in [1.165, 1.54) is 0 Å². The molecule has 0 atom stereocenters. The third-order valence-corrected chi connectivity index (χ3v) is 9.43. The lowest BCUT2D eigenvalue weighted by atomic mass is 9.96. The Kier molecular flexibility index (Phi) is 8.86. The van der Waals surface area contributed by atoms with Gasteiger partial charge in [0.15, 0.2) is 5.82 Å². The van der Waals surface area contributed by atoms with Crippen LogP contribution < -0.4 is 0 Å². The van der Waals surface area contributed by atoms with Gasteiger partial charge in [-0.1, -0.05) is 146 Å². The molecule has 0 unspecified atom stereocenters. The quantitative estimate of drug-likeness (QED) is 0.159. The maximum absolute atomic E-state index is 5.10. The molecule has 5 heteroatoms. The summed E-state index contributed by atoms with van der Waals surface area (Å²) in [5.74, 6) is 0.684. The van der Waals surface area contributed by atoms with Gasteiger partial charge in [-0.15, -0.1) is 0 Å². The molecule has 0 amide bonds. The molecule has 9 rings (SSSR count). The van der Waals surface area contributed by atoms with Crippen LogP contribution in [0.2, 0.25) is 0 Å². The van der Waals surface area contributed by atoms with E-state index in [-0.39, 0.29) is 0 Å². The third kappa shape index (κ3) is 6.82. The van der Waals surface area contributed by atoms with Gasteiger partial charge in [0.25, 0.3) is 0 Å². The molecule has 0 spiro atoms. The monoisotopic (exact) mass is 691 g/mol. The highest BCUT2D eigenvalue weighted by Gasteiger charge is 2.16. The van der Waals surface area contributed by atoms with Crippen LogP contribution in [0.4, 0.5) is 0 Å². The van der Waals surface area contributed by atoms with Crippen molar-refractivity contribution >= 4 is 0 Å². The number of rotatable bonds is 8. The molecular weight excluding hydrogens is 659 g/mol. The lowest BCUT2D eigenvalue weighted by Crippen LogP contribution is -1.96. The fourth-order valence-corrected chi connectivity index (χ4v) is 6.71. The zero-order valence-electron chi connectivity index (χ0n) is 29.3. The highest BCUT2D eigenvalue weighted by atomic mass is 14.9. The minimum atomic E-state index is 0.684. The fourth-order valence-electron chi connectivity index (χ4n) is 6.71. The Morgan fingerprint density at radius 1 is 0.259 bits per heavy atom. The minimum absolute atomic E-state index is 0.684. The molecule has 5 aromatic carbocycles. The van der Waals surface area contributed by atoms with Gasteiger partial charge in [0.2, 0.25) is 0 Å². The Labute approximate surface area is 314 Å². The van der Waals surface area contributed by atoms with E-state index in [1.54, 1.807) is 6.20 Å². The van der Waals surface area contributed by atoms with Crippen molar-refractivity contribution in [2.45, 2.75) is 0 Å². The van der Waals surface area contributed by atoms with Crippen molar-refractivity contribution in [1.29, 1.82) is 0 Å². The maximum atomic E-state index is 5.10. The molecule has 0 fully saturated rings. The van der Waals surface area contributed by atoms with Gasteiger partial charge >= 0.3 is 0 Å². The van der Waals surface area contributed by atoms with Gasteiger partial charge in [0, 0.05) is 34.6 Å². The summed E-state index contributed by atoms with van der Waals surface area (Å²) in [6.07, 6.45) is 3.63. The van der Waals surface area contributed by atoms with Crippen molar-refractivity contribution in [3.63, 3.8) is 0 Å². The van der Waals surface area contributed by atoms with Gasteiger partial charge in [-0.25, -0.2) is 15.0 Å². The number of benzene rings is 5. The first-order chi connectivity index (χ1) is 26.7. The molecule has 4 heterocycles. The van der Waals surface area contributed by atoms with Crippen LogP contribution in [0.25, 0.3) is 90.1 Å². The molecule has 0 saturated heterocycles. The fraction of sp³-hybridized carbons (Fsp3) is 0.